The summed E-state index contributed by atoms with van der Waals surface area (Å²) in [6.45, 7) is 0.591. The zero-order valence-electron chi connectivity index (χ0n) is 12.9. The molecule has 6 nitrogen and oxygen atoms in total. The SMILES string of the molecule is Cn1ncc2c(N[C@H]3CCO[C@H]3c3ccc(Cl)c(F)c3)ncnc21. The Morgan fingerprint density at radius 1 is 1.38 bits per heavy atom. The van der Waals surface area contributed by atoms with Crippen molar-refractivity contribution in [1.29, 1.82) is 0 Å². The second-order valence-electron chi connectivity index (χ2n) is 5.73. The van der Waals surface area contributed by atoms with Gasteiger partial charge >= 0.3 is 0 Å². The second kappa shape index (κ2) is 5.99. The molecule has 0 spiro atoms. The molecular formula is C16H15ClFN5O. The average molecular weight is 348 g/mol. The maximum Gasteiger partial charge on any atom is 0.163 e. The molecule has 0 aliphatic carbocycles. The molecule has 8 heteroatoms. The number of hydrogen-bond acceptors (Lipinski definition) is 5. The van der Waals surface area contributed by atoms with Gasteiger partial charge in [0, 0.05) is 13.7 Å². The van der Waals surface area contributed by atoms with E-state index in [1.807, 2.05) is 7.05 Å². The second-order valence-corrected chi connectivity index (χ2v) is 6.14. The van der Waals surface area contributed by atoms with Crippen LogP contribution in [0, 0.1) is 5.82 Å². The number of benzene rings is 1. The lowest BCUT2D eigenvalue weighted by molar-refractivity contribution is 0.107. The standard InChI is InChI=1S/C16H15ClFN5O/c1-23-16-10(7-21-23)15(19-8-20-16)22-13-4-5-24-14(13)9-2-3-11(17)12(18)6-9/h2-3,6-8,13-14H,4-5H2,1H3,(H,19,20,22)/t13-,14-/m0/s1. The Hall–Kier alpha value is -2.25. The first-order valence-electron chi connectivity index (χ1n) is 7.59. The van der Waals surface area contributed by atoms with Crippen molar-refractivity contribution < 1.29 is 9.13 Å². The maximum absolute atomic E-state index is 13.8. The number of fused-ring (bicyclic) bond motifs is 1. The highest BCUT2D eigenvalue weighted by Crippen LogP contribution is 2.33. The molecule has 0 radical (unpaired) electrons. The Bertz CT molecular complexity index is 899. The molecule has 1 aliphatic rings. The van der Waals surface area contributed by atoms with Gasteiger partial charge in [0.05, 0.1) is 22.6 Å². The van der Waals surface area contributed by atoms with Crippen LogP contribution in [0.3, 0.4) is 0 Å². The average Bonchev–Trinajstić information content (AvgIpc) is 3.18. The molecule has 24 heavy (non-hydrogen) atoms. The van der Waals surface area contributed by atoms with E-state index in [1.54, 1.807) is 23.0 Å². The van der Waals surface area contributed by atoms with Gasteiger partial charge in [-0.3, -0.25) is 4.68 Å². The normalized spacial score (nSPS) is 20.6. The van der Waals surface area contributed by atoms with Gasteiger partial charge in [-0.2, -0.15) is 5.10 Å². The number of aryl methyl sites for hydroxylation is 1. The number of ether oxygens (including phenoxy) is 1. The summed E-state index contributed by atoms with van der Waals surface area (Å²) in [6, 6.07) is 4.74. The van der Waals surface area contributed by atoms with E-state index in [-0.39, 0.29) is 17.2 Å². The molecule has 0 amide bonds. The fourth-order valence-corrected chi connectivity index (χ4v) is 3.13. The van der Waals surface area contributed by atoms with Crippen LogP contribution < -0.4 is 5.32 Å². The van der Waals surface area contributed by atoms with Crippen LogP contribution >= 0.6 is 11.6 Å². The van der Waals surface area contributed by atoms with Gasteiger partial charge in [-0.05, 0) is 24.1 Å². The van der Waals surface area contributed by atoms with Crippen LogP contribution in [0.2, 0.25) is 5.02 Å². The summed E-state index contributed by atoms with van der Waals surface area (Å²) in [5, 5.41) is 8.55. The topological polar surface area (TPSA) is 64.9 Å². The van der Waals surface area contributed by atoms with Gasteiger partial charge in [-0.25, -0.2) is 14.4 Å². The minimum Gasteiger partial charge on any atom is -0.371 e. The third-order valence-electron chi connectivity index (χ3n) is 4.22. The van der Waals surface area contributed by atoms with Crippen molar-refractivity contribution in [3.8, 4) is 0 Å². The third-order valence-corrected chi connectivity index (χ3v) is 4.52. The van der Waals surface area contributed by atoms with Crippen molar-refractivity contribution in [3.63, 3.8) is 0 Å². The Labute approximate surface area is 142 Å². The summed E-state index contributed by atoms with van der Waals surface area (Å²) in [7, 11) is 1.83. The Balaban J connectivity index is 1.64. The summed E-state index contributed by atoms with van der Waals surface area (Å²) in [6.07, 6.45) is 3.75. The molecule has 0 unspecified atom stereocenters. The van der Waals surface area contributed by atoms with Crippen molar-refractivity contribution >= 4 is 28.5 Å². The smallest absolute Gasteiger partial charge is 0.163 e. The first-order chi connectivity index (χ1) is 11.6. The Kier molecular flexibility index (Phi) is 3.82. The number of anilines is 1. The van der Waals surface area contributed by atoms with Crippen LogP contribution in [0.15, 0.2) is 30.7 Å². The van der Waals surface area contributed by atoms with Crippen LogP contribution in [-0.2, 0) is 11.8 Å². The molecular weight excluding hydrogens is 333 g/mol. The first kappa shape index (κ1) is 15.3. The lowest BCUT2D eigenvalue weighted by Gasteiger charge is -2.21. The monoisotopic (exact) mass is 347 g/mol. The van der Waals surface area contributed by atoms with E-state index in [0.29, 0.717) is 12.4 Å². The Morgan fingerprint density at radius 3 is 3.08 bits per heavy atom. The molecule has 1 saturated heterocycles. The molecule has 0 saturated carbocycles. The van der Waals surface area contributed by atoms with Gasteiger partial charge in [0.2, 0.25) is 0 Å². The number of rotatable bonds is 3. The van der Waals surface area contributed by atoms with Crippen LogP contribution in [0.1, 0.15) is 18.1 Å². The van der Waals surface area contributed by atoms with Gasteiger partial charge in [-0.1, -0.05) is 17.7 Å². The highest BCUT2D eigenvalue weighted by atomic mass is 35.5. The van der Waals surface area contributed by atoms with Crippen LogP contribution in [0.25, 0.3) is 11.0 Å². The number of aromatic nitrogens is 4. The van der Waals surface area contributed by atoms with E-state index in [9.17, 15) is 4.39 Å². The molecule has 1 aliphatic heterocycles. The summed E-state index contributed by atoms with van der Waals surface area (Å²) in [4.78, 5) is 8.55. The van der Waals surface area contributed by atoms with Crippen LogP contribution in [0.4, 0.5) is 10.2 Å². The first-order valence-corrected chi connectivity index (χ1v) is 7.97. The lowest BCUT2D eigenvalue weighted by atomic mass is 10.0. The summed E-state index contributed by atoms with van der Waals surface area (Å²) in [5.74, 6) is 0.253. The molecule has 1 fully saturated rings. The zero-order chi connectivity index (χ0) is 16.7. The molecule has 0 bridgehead atoms. The molecule has 2 atom stereocenters. The highest BCUT2D eigenvalue weighted by molar-refractivity contribution is 6.30. The fourth-order valence-electron chi connectivity index (χ4n) is 3.01. The van der Waals surface area contributed by atoms with E-state index in [1.165, 1.54) is 12.4 Å². The minimum absolute atomic E-state index is 0.0242. The van der Waals surface area contributed by atoms with Gasteiger partial charge in [0.1, 0.15) is 24.1 Å². The summed E-state index contributed by atoms with van der Waals surface area (Å²) in [5.41, 5.74) is 1.50. The molecule has 3 aromatic rings. The zero-order valence-corrected chi connectivity index (χ0v) is 13.7. The van der Waals surface area contributed by atoms with Crippen molar-refractivity contribution in [2.45, 2.75) is 18.6 Å². The third kappa shape index (κ3) is 2.59. The molecule has 124 valence electrons. The molecule has 4 rings (SSSR count). The van der Waals surface area contributed by atoms with Crippen molar-refractivity contribution in [3.05, 3.63) is 47.1 Å². The largest absolute Gasteiger partial charge is 0.371 e. The van der Waals surface area contributed by atoms with E-state index in [0.717, 1.165) is 23.0 Å². The quantitative estimate of drug-likeness (QED) is 0.788. The maximum atomic E-state index is 13.8. The fraction of sp³-hybridized carbons (Fsp3) is 0.312. The van der Waals surface area contributed by atoms with Crippen LogP contribution in [0.5, 0.6) is 0 Å². The van der Waals surface area contributed by atoms with Crippen molar-refractivity contribution in [2.24, 2.45) is 7.05 Å². The Morgan fingerprint density at radius 2 is 2.25 bits per heavy atom. The highest BCUT2D eigenvalue weighted by Gasteiger charge is 2.31. The number of nitrogens with zero attached hydrogens (tertiary/aromatic N) is 4. The lowest BCUT2D eigenvalue weighted by Crippen LogP contribution is -2.24. The van der Waals surface area contributed by atoms with Gasteiger partial charge < -0.3 is 10.1 Å². The van der Waals surface area contributed by atoms with Crippen molar-refractivity contribution in [2.75, 3.05) is 11.9 Å². The van der Waals surface area contributed by atoms with E-state index >= 15 is 0 Å². The van der Waals surface area contributed by atoms with E-state index in [4.69, 9.17) is 16.3 Å². The molecule has 1 aromatic carbocycles. The van der Waals surface area contributed by atoms with Gasteiger partial charge in [0.25, 0.3) is 0 Å². The predicted octanol–water partition coefficient (Wildman–Crippen LogP) is 3.10. The minimum atomic E-state index is -0.444. The number of hydrogen-bond donors (Lipinski definition) is 1. The van der Waals surface area contributed by atoms with E-state index in [2.05, 4.69) is 20.4 Å². The summed E-state index contributed by atoms with van der Waals surface area (Å²) >= 11 is 5.76. The number of halogens is 2. The van der Waals surface area contributed by atoms with Gasteiger partial charge in [-0.15, -0.1) is 0 Å². The predicted molar refractivity (Wildman–Crippen MR) is 88.4 cm³/mol. The molecule has 2 aromatic heterocycles. The van der Waals surface area contributed by atoms with E-state index < -0.39 is 5.82 Å². The van der Waals surface area contributed by atoms with Crippen molar-refractivity contribution in [1.82, 2.24) is 19.7 Å². The number of nitrogens with one attached hydrogen (secondary N) is 1. The summed E-state index contributed by atoms with van der Waals surface area (Å²) < 4.78 is 21.3. The molecule has 1 N–H and O–H groups in total. The van der Waals surface area contributed by atoms with Gasteiger partial charge in [0.15, 0.2) is 5.65 Å². The molecule has 3 heterocycles. The van der Waals surface area contributed by atoms with Crippen LogP contribution in [-0.4, -0.2) is 32.4 Å².